The molecular formula is C17H20N5O4-. The van der Waals surface area contributed by atoms with E-state index in [2.05, 4.69) is 20.4 Å². The Hall–Kier alpha value is -2.97. The highest BCUT2D eigenvalue weighted by molar-refractivity contribution is 5.94. The van der Waals surface area contributed by atoms with Crippen LogP contribution in [0.2, 0.25) is 0 Å². The number of H-pyrrole nitrogens is 1. The van der Waals surface area contributed by atoms with Crippen molar-refractivity contribution in [3.63, 3.8) is 0 Å². The lowest BCUT2D eigenvalue weighted by atomic mass is 9.79. The number of hydrogen-bond acceptors (Lipinski definition) is 6. The zero-order chi connectivity index (χ0) is 18.8. The molecule has 1 aliphatic carbocycles. The third-order valence-corrected chi connectivity index (χ3v) is 4.55. The third kappa shape index (κ3) is 3.66. The zero-order valence-corrected chi connectivity index (χ0v) is 14.6. The number of carboxylic acids is 1. The van der Waals surface area contributed by atoms with Crippen molar-refractivity contribution in [2.75, 3.05) is 5.32 Å². The van der Waals surface area contributed by atoms with Gasteiger partial charge >= 0.3 is 0 Å². The maximum atomic E-state index is 12.7. The van der Waals surface area contributed by atoms with Gasteiger partial charge < -0.3 is 15.2 Å². The number of carbonyl (C=O) groups is 2. The number of nitrogens with zero attached hydrogens (tertiary/aromatic N) is 3. The Morgan fingerprint density at radius 1 is 1.19 bits per heavy atom. The standard InChI is InChI=1S/C17H21N5O4/c1-9-8-14(23)20-17(18-9)22-13(7-10(2)21-22)19-15(24)11-5-3-4-6-12(11)16(25)26/h7-8,11-12H,3-6H2,1-2H3,(H,19,24)(H,25,26)(H,18,20,23)/p-1/t11-,12+/m0/s1. The molecule has 0 spiro atoms. The minimum Gasteiger partial charge on any atom is -0.550 e. The van der Waals surface area contributed by atoms with Crippen LogP contribution in [-0.2, 0) is 9.59 Å². The molecule has 1 aliphatic rings. The summed E-state index contributed by atoms with van der Waals surface area (Å²) in [6, 6.07) is 2.99. The van der Waals surface area contributed by atoms with Crippen molar-refractivity contribution in [3.8, 4) is 5.95 Å². The Labute approximate surface area is 149 Å². The number of aromatic nitrogens is 4. The smallest absolute Gasteiger partial charge is 0.252 e. The molecule has 0 unspecified atom stereocenters. The highest BCUT2D eigenvalue weighted by atomic mass is 16.4. The number of aromatic amines is 1. The molecule has 2 aromatic heterocycles. The molecule has 0 saturated heterocycles. The molecule has 26 heavy (non-hydrogen) atoms. The van der Waals surface area contributed by atoms with Gasteiger partial charge in [-0.2, -0.15) is 9.78 Å². The van der Waals surface area contributed by atoms with Gasteiger partial charge in [0.1, 0.15) is 5.82 Å². The number of hydrogen-bond donors (Lipinski definition) is 2. The fourth-order valence-electron chi connectivity index (χ4n) is 3.36. The normalized spacial score (nSPS) is 19.9. The van der Waals surface area contributed by atoms with Gasteiger partial charge in [0.2, 0.25) is 11.9 Å². The van der Waals surface area contributed by atoms with Gasteiger partial charge in [-0.25, -0.2) is 4.98 Å². The van der Waals surface area contributed by atoms with E-state index in [0.29, 0.717) is 30.0 Å². The summed E-state index contributed by atoms with van der Waals surface area (Å²) in [7, 11) is 0. The van der Waals surface area contributed by atoms with Crippen LogP contribution in [0.1, 0.15) is 37.1 Å². The summed E-state index contributed by atoms with van der Waals surface area (Å²) in [5.41, 5.74) is 0.797. The summed E-state index contributed by atoms with van der Waals surface area (Å²) in [6.07, 6.45) is 2.50. The van der Waals surface area contributed by atoms with Crippen molar-refractivity contribution in [3.05, 3.63) is 33.9 Å². The Kier molecular flexibility index (Phi) is 4.88. The first kappa shape index (κ1) is 17.8. The van der Waals surface area contributed by atoms with Crippen molar-refractivity contribution >= 4 is 17.7 Å². The summed E-state index contributed by atoms with van der Waals surface area (Å²) >= 11 is 0. The predicted molar refractivity (Wildman–Crippen MR) is 90.5 cm³/mol. The lowest BCUT2D eigenvalue weighted by Gasteiger charge is -2.31. The minimum absolute atomic E-state index is 0.179. The van der Waals surface area contributed by atoms with Crippen LogP contribution in [0, 0.1) is 25.7 Å². The molecule has 1 fully saturated rings. The van der Waals surface area contributed by atoms with E-state index in [9.17, 15) is 19.5 Å². The van der Waals surface area contributed by atoms with Gasteiger partial charge in [-0.15, -0.1) is 0 Å². The van der Waals surface area contributed by atoms with Gasteiger partial charge in [-0.1, -0.05) is 12.8 Å². The largest absolute Gasteiger partial charge is 0.550 e. The van der Waals surface area contributed by atoms with Crippen LogP contribution < -0.4 is 16.0 Å². The molecule has 0 bridgehead atoms. The number of aryl methyl sites for hydroxylation is 2. The van der Waals surface area contributed by atoms with E-state index in [1.807, 2.05) is 0 Å². The molecule has 2 N–H and O–H groups in total. The molecule has 9 heteroatoms. The van der Waals surface area contributed by atoms with Gasteiger partial charge in [0.05, 0.1) is 5.69 Å². The molecule has 9 nitrogen and oxygen atoms in total. The second-order valence-electron chi connectivity index (χ2n) is 6.60. The van der Waals surface area contributed by atoms with Gasteiger partial charge in [0.15, 0.2) is 0 Å². The second-order valence-corrected chi connectivity index (χ2v) is 6.60. The molecular weight excluding hydrogens is 338 g/mol. The molecule has 2 atom stereocenters. The van der Waals surface area contributed by atoms with E-state index >= 15 is 0 Å². The maximum absolute atomic E-state index is 12.7. The van der Waals surface area contributed by atoms with Gasteiger partial charge in [-0.05, 0) is 26.7 Å². The predicted octanol–water partition coefficient (Wildman–Crippen LogP) is 0.0672. The van der Waals surface area contributed by atoms with E-state index in [1.54, 1.807) is 19.9 Å². The van der Waals surface area contributed by atoms with Crippen LogP contribution in [0.3, 0.4) is 0 Å². The average Bonchev–Trinajstić information content (AvgIpc) is 2.94. The molecule has 0 aliphatic heterocycles. The van der Waals surface area contributed by atoms with E-state index in [-0.39, 0.29) is 11.5 Å². The molecule has 2 aromatic rings. The molecule has 138 valence electrons. The Balaban J connectivity index is 1.89. The van der Waals surface area contributed by atoms with Crippen molar-refractivity contribution < 1.29 is 14.7 Å². The SMILES string of the molecule is Cc1cc(=O)[nH]c(-n2nc(C)cc2NC(=O)[C@H]2CCCC[C@H]2C(=O)[O-])n1. The van der Waals surface area contributed by atoms with E-state index in [0.717, 1.165) is 12.8 Å². The van der Waals surface area contributed by atoms with Crippen LogP contribution in [0.25, 0.3) is 5.95 Å². The van der Waals surface area contributed by atoms with E-state index in [4.69, 9.17) is 0 Å². The summed E-state index contributed by atoms with van der Waals surface area (Å²) < 4.78 is 1.33. The monoisotopic (exact) mass is 358 g/mol. The summed E-state index contributed by atoms with van der Waals surface area (Å²) in [5.74, 6) is -2.53. The molecule has 0 radical (unpaired) electrons. The first-order chi connectivity index (χ1) is 12.3. The highest BCUT2D eigenvalue weighted by Gasteiger charge is 2.32. The topological polar surface area (TPSA) is 133 Å². The third-order valence-electron chi connectivity index (χ3n) is 4.55. The van der Waals surface area contributed by atoms with Crippen LogP contribution in [0.15, 0.2) is 16.9 Å². The second kappa shape index (κ2) is 7.11. The van der Waals surface area contributed by atoms with Crippen LogP contribution in [0.5, 0.6) is 0 Å². The number of carbonyl (C=O) groups excluding carboxylic acids is 2. The number of carboxylic acid groups (broad SMARTS) is 1. The molecule has 2 heterocycles. The van der Waals surface area contributed by atoms with Crippen LogP contribution >= 0.6 is 0 Å². The van der Waals surface area contributed by atoms with Crippen molar-refractivity contribution in [2.24, 2.45) is 11.8 Å². The quantitative estimate of drug-likeness (QED) is 0.794. The minimum atomic E-state index is -1.20. The lowest BCUT2D eigenvalue weighted by molar-refractivity contribution is -0.313. The van der Waals surface area contributed by atoms with Crippen LogP contribution in [-0.4, -0.2) is 31.6 Å². The average molecular weight is 358 g/mol. The lowest BCUT2D eigenvalue weighted by Crippen LogP contribution is -2.42. The van der Waals surface area contributed by atoms with Crippen LogP contribution in [0.4, 0.5) is 5.82 Å². The van der Waals surface area contributed by atoms with Crippen molar-refractivity contribution in [1.82, 2.24) is 19.7 Å². The fraction of sp³-hybridized carbons (Fsp3) is 0.471. The molecule has 1 amide bonds. The first-order valence-electron chi connectivity index (χ1n) is 8.52. The fourth-order valence-corrected chi connectivity index (χ4v) is 3.36. The highest BCUT2D eigenvalue weighted by Crippen LogP contribution is 2.31. The summed E-state index contributed by atoms with van der Waals surface area (Å²) in [6.45, 7) is 3.42. The summed E-state index contributed by atoms with van der Waals surface area (Å²) in [4.78, 5) is 42.5. The Morgan fingerprint density at radius 2 is 1.88 bits per heavy atom. The molecule has 1 saturated carbocycles. The maximum Gasteiger partial charge on any atom is 0.252 e. The number of rotatable bonds is 4. The zero-order valence-electron chi connectivity index (χ0n) is 14.6. The Morgan fingerprint density at radius 3 is 2.54 bits per heavy atom. The van der Waals surface area contributed by atoms with Gasteiger partial charge in [0.25, 0.3) is 5.56 Å². The van der Waals surface area contributed by atoms with Gasteiger partial charge in [0, 0.05) is 35.6 Å². The number of anilines is 1. The van der Waals surface area contributed by atoms with E-state index < -0.39 is 23.7 Å². The number of aliphatic carboxylic acids is 1. The first-order valence-corrected chi connectivity index (χ1v) is 8.52. The van der Waals surface area contributed by atoms with Crippen molar-refractivity contribution in [1.29, 1.82) is 0 Å². The number of nitrogens with one attached hydrogen (secondary N) is 2. The molecule has 0 aromatic carbocycles. The van der Waals surface area contributed by atoms with E-state index in [1.165, 1.54) is 10.7 Å². The Bertz CT molecular complexity index is 901. The summed E-state index contributed by atoms with van der Waals surface area (Å²) in [5, 5.41) is 18.3. The van der Waals surface area contributed by atoms with Crippen molar-refractivity contribution in [2.45, 2.75) is 39.5 Å². The van der Waals surface area contributed by atoms with Gasteiger partial charge in [-0.3, -0.25) is 14.6 Å². The number of amides is 1. The molecule has 3 rings (SSSR count).